The summed E-state index contributed by atoms with van der Waals surface area (Å²) in [6.45, 7) is 1.84. The van der Waals surface area contributed by atoms with Crippen molar-refractivity contribution in [2.75, 3.05) is 5.32 Å². The first-order valence-electron chi connectivity index (χ1n) is 8.50. The minimum absolute atomic E-state index is 0.0942. The van der Waals surface area contributed by atoms with Gasteiger partial charge in [0.2, 0.25) is 0 Å². The number of benzene rings is 2. The molecule has 0 atom stereocenters. The van der Waals surface area contributed by atoms with Gasteiger partial charge in [-0.2, -0.15) is 0 Å². The number of anilines is 1. The summed E-state index contributed by atoms with van der Waals surface area (Å²) in [5, 5.41) is 15.0. The van der Waals surface area contributed by atoms with Crippen LogP contribution in [0.4, 0.5) is 11.4 Å². The highest BCUT2D eigenvalue weighted by atomic mass is 35.5. The minimum Gasteiger partial charge on any atom is -0.322 e. The Morgan fingerprint density at radius 1 is 1.21 bits per heavy atom. The molecule has 7 nitrogen and oxygen atoms in total. The highest BCUT2D eigenvalue weighted by Gasteiger charge is 2.21. The maximum Gasteiger partial charge on any atom is 0.282 e. The first-order chi connectivity index (χ1) is 13.9. The Morgan fingerprint density at radius 3 is 2.76 bits per heavy atom. The van der Waals surface area contributed by atoms with Crippen LogP contribution in [0.5, 0.6) is 0 Å². The number of pyridine rings is 1. The maximum absolute atomic E-state index is 12.6. The molecule has 0 bridgehead atoms. The van der Waals surface area contributed by atoms with Crippen molar-refractivity contribution < 1.29 is 9.72 Å². The SMILES string of the molecule is Cc1cc(-c2nc3cccnc3s2)ccc1NC(=O)c1cc(Cl)ccc1[N+](=O)[O-]. The fourth-order valence-electron chi connectivity index (χ4n) is 2.87. The molecule has 0 fully saturated rings. The fourth-order valence-corrected chi connectivity index (χ4v) is 3.95. The second-order valence-corrected chi connectivity index (χ2v) is 7.66. The largest absolute Gasteiger partial charge is 0.322 e. The van der Waals surface area contributed by atoms with E-state index in [0.29, 0.717) is 5.69 Å². The molecule has 0 saturated heterocycles. The second kappa shape index (κ2) is 7.57. The molecular formula is C20H13ClN4O3S. The van der Waals surface area contributed by atoms with Crippen LogP contribution in [0.15, 0.2) is 54.7 Å². The standard InChI is InChI=1S/C20H13ClN4O3S/c1-11-9-12(19-24-16-3-2-8-22-20(16)29-19)4-6-15(11)23-18(26)14-10-13(21)5-7-17(14)25(27)28/h2-10H,1H3,(H,23,26). The lowest BCUT2D eigenvalue weighted by atomic mass is 10.1. The summed E-state index contributed by atoms with van der Waals surface area (Å²) in [4.78, 5) is 33.0. The van der Waals surface area contributed by atoms with Gasteiger partial charge in [0.25, 0.3) is 11.6 Å². The molecule has 0 radical (unpaired) electrons. The Labute approximate surface area is 174 Å². The molecule has 2 heterocycles. The van der Waals surface area contributed by atoms with Gasteiger partial charge in [-0.1, -0.05) is 22.9 Å². The van der Waals surface area contributed by atoms with Crippen LogP contribution in [0, 0.1) is 17.0 Å². The van der Waals surface area contributed by atoms with Gasteiger partial charge in [0.1, 0.15) is 20.9 Å². The topological polar surface area (TPSA) is 98.0 Å². The van der Waals surface area contributed by atoms with Crippen LogP contribution in [0.25, 0.3) is 20.9 Å². The zero-order valence-corrected chi connectivity index (χ0v) is 16.6. The van der Waals surface area contributed by atoms with Crippen molar-refractivity contribution in [2.24, 2.45) is 0 Å². The Bertz CT molecular complexity index is 1240. The molecule has 4 rings (SSSR count). The molecule has 0 saturated carbocycles. The number of nitro benzene ring substituents is 1. The number of hydrogen-bond donors (Lipinski definition) is 1. The third-order valence-corrected chi connectivity index (χ3v) is 5.55. The number of nitrogens with zero attached hydrogens (tertiary/aromatic N) is 3. The number of aryl methyl sites for hydroxylation is 1. The molecular weight excluding hydrogens is 412 g/mol. The summed E-state index contributed by atoms with van der Waals surface area (Å²) in [6, 6.07) is 13.1. The van der Waals surface area contributed by atoms with Crippen molar-refractivity contribution in [1.82, 2.24) is 9.97 Å². The van der Waals surface area contributed by atoms with Crippen molar-refractivity contribution in [1.29, 1.82) is 0 Å². The molecule has 1 amide bonds. The number of halogens is 1. The van der Waals surface area contributed by atoms with Crippen LogP contribution >= 0.6 is 22.9 Å². The minimum atomic E-state index is -0.609. The fraction of sp³-hybridized carbons (Fsp3) is 0.0500. The molecule has 0 aliphatic carbocycles. The number of carbonyl (C=O) groups excluding carboxylic acids is 1. The van der Waals surface area contributed by atoms with Gasteiger partial charge in [0, 0.05) is 28.5 Å². The number of amides is 1. The number of fused-ring (bicyclic) bond motifs is 1. The number of nitro groups is 1. The summed E-state index contributed by atoms with van der Waals surface area (Å²) >= 11 is 7.39. The summed E-state index contributed by atoms with van der Waals surface area (Å²) in [7, 11) is 0. The average molecular weight is 425 g/mol. The molecule has 9 heteroatoms. The molecule has 0 spiro atoms. The van der Waals surface area contributed by atoms with Gasteiger partial charge in [0.05, 0.1) is 4.92 Å². The first kappa shape index (κ1) is 19.0. The number of thiazole rings is 1. The van der Waals surface area contributed by atoms with Gasteiger partial charge >= 0.3 is 0 Å². The number of aromatic nitrogens is 2. The average Bonchev–Trinajstić information content (AvgIpc) is 3.13. The summed E-state index contributed by atoms with van der Waals surface area (Å²) in [5.74, 6) is -0.598. The van der Waals surface area contributed by atoms with E-state index < -0.39 is 10.8 Å². The van der Waals surface area contributed by atoms with Crippen LogP contribution in [-0.4, -0.2) is 20.8 Å². The Balaban J connectivity index is 1.63. The predicted molar refractivity (Wildman–Crippen MR) is 114 cm³/mol. The van der Waals surface area contributed by atoms with Crippen molar-refractivity contribution >= 4 is 50.6 Å². The number of nitrogens with one attached hydrogen (secondary N) is 1. The molecule has 29 heavy (non-hydrogen) atoms. The normalized spacial score (nSPS) is 10.8. The van der Waals surface area contributed by atoms with Gasteiger partial charge in [0.15, 0.2) is 0 Å². The third kappa shape index (κ3) is 3.80. The first-order valence-corrected chi connectivity index (χ1v) is 9.69. The van der Waals surface area contributed by atoms with E-state index in [1.165, 1.54) is 29.5 Å². The number of hydrogen-bond acceptors (Lipinski definition) is 6. The van der Waals surface area contributed by atoms with Crippen LogP contribution < -0.4 is 5.32 Å². The lowest BCUT2D eigenvalue weighted by molar-refractivity contribution is -0.385. The third-order valence-electron chi connectivity index (χ3n) is 4.29. The lowest BCUT2D eigenvalue weighted by Gasteiger charge is -2.10. The maximum atomic E-state index is 12.6. The van der Waals surface area contributed by atoms with Crippen LogP contribution in [0.3, 0.4) is 0 Å². The number of carbonyl (C=O) groups is 1. The van der Waals surface area contributed by atoms with Gasteiger partial charge < -0.3 is 5.32 Å². The van der Waals surface area contributed by atoms with Crippen LogP contribution in [0.1, 0.15) is 15.9 Å². The quantitative estimate of drug-likeness (QED) is 0.345. The van der Waals surface area contributed by atoms with Gasteiger partial charge in [-0.25, -0.2) is 9.97 Å². The van der Waals surface area contributed by atoms with E-state index >= 15 is 0 Å². The molecule has 2 aromatic carbocycles. The van der Waals surface area contributed by atoms with Crippen molar-refractivity contribution in [2.45, 2.75) is 6.92 Å². The van der Waals surface area contributed by atoms with Gasteiger partial charge in [-0.15, -0.1) is 0 Å². The summed E-state index contributed by atoms with van der Waals surface area (Å²) in [5.41, 5.74) is 2.68. The van der Waals surface area contributed by atoms with E-state index in [9.17, 15) is 14.9 Å². The van der Waals surface area contributed by atoms with Crippen LogP contribution in [0.2, 0.25) is 5.02 Å². The van der Waals surface area contributed by atoms with Gasteiger partial charge in [-0.05, 0) is 55.0 Å². The molecule has 2 aromatic heterocycles. The Hall–Kier alpha value is -3.36. The molecule has 1 N–H and O–H groups in total. The van der Waals surface area contributed by atoms with E-state index in [1.54, 1.807) is 12.3 Å². The van der Waals surface area contributed by atoms with E-state index in [4.69, 9.17) is 11.6 Å². The Morgan fingerprint density at radius 2 is 2.03 bits per heavy atom. The predicted octanol–water partition coefficient (Wildman–Crippen LogP) is 5.48. The van der Waals surface area contributed by atoms with E-state index in [-0.39, 0.29) is 16.3 Å². The van der Waals surface area contributed by atoms with Gasteiger partial charge in [-0.3, -0.25) is 14.9 Å². The van der Waals surface area contributed by atoms with Crippen LogP contribution in [-0.2, 0) is 0 Å². The van der Waals surface area contributed by atoms with Crippen molar-refractivity contribution in [3.05, 3.63) is 81.0 Å². The van der Waals surface area contributed by atoms with E-state index in [1.807, 2.05) is 31.2 Å². The number of rotatable bonds is 4. The summed E-state index contributed by atoms with van der Waals surface area (Å²) < 4.78 is 0. The highest BCUT2D eigenvalue weighted by Crippen LogP contribution is 2.31. The molecule has 0 unspecified atom stereocenters. The summed E-state index contributed by atoms with van der Waals surface area (Å²) in [6.07, 6.45) is 1.73. The molecule has 144 valence electrons. The highest BCUT2D eigenvalue weighted by molar-refractivity contribution is 7.21. The molecule has 4 aromatic rings. The monoisotopic (exact) mass is 424 g/mol. The van der Waals surface area contributed by atoms with E-state index in [2.05, 4.69) is 15.3 Å². The van der Waals surface area contributed by atoms with E-state index in [0.717, 1.165) is 26.5 Å². The second-order valence-electron chi connectivity index (χ2n) is 6.25. The van der Waals surface area contributed by atoms with Crippen molar-refractivity contribution in [3.63, 3.8) is 0 Å². The van der Waals surface area contributed by atoms with Crippen molar-refractivity contribution in [3.8, 4) is 10.6 Å². The Kier molecular flexibility index (Phi) is 4.96. The molecule has 0 aliphatic rings. The lowest BCUT2D eigenvalue weighted by Crippen LogP contribution is -2.14. The smallest absolute Gasteiger partial charge is 0.282 e. The molecule has 0 aliphatic heterocycles. The zero-order valence-electron chi connectivity index (χ0n) is 15.0. The zero-order chi connectivity index (χ0) is 20.5.